The Kier molecular flexibility index (Phi) is 5.24. The van der Waals surface area contributed by atoms with Crippen molar-refractivity contribution in [2.24, 2.45) is 0 Å². The van der Waals surface area contributed by atoms with Crippen LogP contribution in [-0.2, 0) is 0 Å². The second-order valence-electron chi connectivity index (χ2n) is 5.09. The summed E-state index contributed by atoms with van der Waals surface area (Å²) in [6, 6.07) is 7.67. The van der Waals surface area contributed by atoms with Gasteiger partial charge in [0.2, 0.25) is 0 Å². The number of urea groups is 1. The number of ether oxygens (including phenoxy) is 1. The molecule has 0 aliphatic carbocycles. The highest BCUT2D eigenvalue weighted by atomic mass is 16.5. The number of aryl methyl sites for hydroxylation is 1. The van der Waals surface area contributed by atoms with E-state index < -0.39 is 6.10 Å². The predicted molar refractivity (Wildman–Crippen MR) is 76.9 cm³/mol. The zero-order valence-electron chi connectivity index (χ0n) is 11.8. The minimum absolute atomic E-state index is 0.128. The third-order valence-corrected chi connectivity index (χ3v) is 3.41. The summed E-state index contributed by atoms with van der Waals surface area (Å²) in [6.45, 7) is 4.02. The molecule has 1 atom stereocenters. The average molecular weight is 278 g/mol. The Morgan fingerprint density at radius 2 is 2.30 bits per heavy atom. The van der Waals surface area contributed by atoms with Crippen molar-refractivity contribution in [1.29, 1.82) is 0 Å². The fraction of sp³-hybridized carbons (Fsp3) is 0.533. The standard InChI is InChI=1S/C15H22N2O3/c1-12-5-2-3-7-14(12)20-10-8-16-15(19)17-9-4-6-13(18)11-17/h2-3,5,7,13,18H,4,6,8-11H2,1H3,(H,16,19). The summed E-state index contributed by atoms with van der Waals surface area (Å²) in [5.74, 6) is 0.843. The average Bonchev–Trinajstić information content (AvgIpc) is 2.45. The molecular weight excluding hydrogens is 256 g/mol. The van der Waals surface area contributed by atoms with E-state index in [0.29, 0.717) is 26.2 Å². The molecule has 0 radical (unpaired) electrons. The van der Waals surface area contributed by atoms with Crippen LogP contribution in [0.4, 0.5) is 4.79 Å². The smallest absolute Gasteiger partial charge is 0.317 e. The van der Waals surface area contributed by atoms with Crippen LogP contribution in [0.1, 0.15) is 18.4 Å². The van der Waals surface area contributed by atoms with Crippen LogP contribution in [0.15, 0.2) is 24.3 Å². The van der Waals surface area contributed by atoms with E-state index in [9.17, 15) is 9.90 Å². The van der Waals surface area contributed by atoms with Crippen molar-refractivity contribution >= 4 is 6.03 Å². The van der Waals surface area contributed by atoms with Crippen LogP contribution in [0, 0.1) is 6.92 Å². The maximum Gasteiger partial charge on any atom is 0.317 e. The number of aliphatic hydroxyl groups excluding tert-OH is 1. The molecule has 1 aliphatic rings. The lowest BCUT2D eigenvalue weighted by atomic mass is 10.1. The van der Waals surface area contributed by atoms with E-state index in [1.54, 1.807) is 4.90 Å². The number of nitrogens with one attached hydrogen (secondary N) is 1. The number of hydrogen-bond donors (Lipinski definition) is 2. The number of para-hydroxylation sites is 1. The van der Waals surface area contributed by atoms with Gasteiger partial charge in [-0.05, 0) is 31.4 Å². The van der Waals surface area contributed by atoms with Gasteiger partial charge in [-0.15, -0.1) is 0 Å². The van der Waals surface area contributed by atoms with Gasteiger partial charge < -0.3 is 20.1 Å². The number of benzene rings is 1. The highest BCUT2D eigenvalue weighted by Gasteiger charge is 2.21. The van der Waals surface area contributed by atoms with E-state index in [-0.39, 0.29) is 6.03 Å². The maximum absolute atomic E-state index is 11.9. The van der Waals surface area contributed by atoms with E-state index in [1.165, 1.54) is 0 Å². The van der Waals surface area contributed by atoms with Gasteiger partial charge in [0.05, 0.1) is 12.6 Å². The summed E-state index contributed by atoms with van der Waals surface area (Å²) in [5, 5.41) is 12.3. The van der Waals surface area contributed by atoms with Gasteiger partial charge in [-0.2, -0.15) is 0 Å². The van der Waals surface area contributed by atoms with Gasteiger partial charge in [0.15, 0.2) is 0 Å². The Balaban J connectivity index is 1.68. The van der Waals surface area contributed by atoms with E-state index in [4.69, 9.17) is 4.74 Å². The summed E-state index contributed by atoms with van der Waals surface area (Å²) in [7, 11) is 0. The number of carbonyl (C=O) groups excluding carboxylic acids is 1. The third-order valence-electron chi connectivity index (χ3n) is 3.41. The lowest BCUT2D eigenvalue weighted by Crippen LogP contribution is -2.47. The molecule has 1 aliphatic heterocycles. The highest BCUT2D eigenvalue weighted by Crippen LogP contribution is 2.15. The number of β-amino-alcohol motifs (C(OH)–C–C–N with tert-alkyl or cyclic N) is 1. The zero-order chi connectivity index (χ0) is 14.4. The molecule has 110 valence electrons. The van der Waals surface area contributed by atoms with Crippen molar-refractivity contribution in [3.05, 3.63) is 29.8 Å². The minimum atomic E-state index is -0.391. The van der Waals surface area contributed by atoms with Gasteiger partial charge in [0.25, 0.3) is 0 Å². The first-order valence-electron chi connectivity index (χ1n) is 7.06. The molecule has 20 heavy (non-hydrogen) atoms. The Morgan fingerprint density at radius 1 is 1.50 bits per heavy atom. The fourth-order valence-electron chi connectivity index (χ4n) is 2.29. The van der Waals surface area contributed by atoms with E-state index in [0.717, 1.165) is 24.2 Å². The van der Waals surface area contributed by atoms with Crippen LogP contribution in [0.5, 0.6) is 5.75 Å². The number of hydrogen-bond acceptors (Lipinski definition) is 3. The second kappa shape index (κ2) is 7.14. The number of piperidine rings is 1. The van der Waals surface area contributed by atoms with Crippen molar-refractivity contribution in [2.45, 2.75) is 25.9 Å². The zero-order valence-corrected chi connectivity index (χ0v) is 11.8. The lowest BCUT2D eigenvalue weighted by molar-refractivity contribution is 0.0840. The topological polar surface area (TPSA) is 61.8 Å². The van der Waals surface area contributed by atoms with Crippen LogP contribution >= 0.6 is 0 Å². The third kappa shape index (κ3) is 4.13. The summed E-state index contributed by atoms with van der Waals surface area (Å²) in [4.78, 5) is 13.5. The summed E-state index contributed by atoms with van der Waals surface area (Å²) >= 11 is 0. The van der Waals surface area contributed by atoms with Crippen molar-refractivity contribution in [3.63, 3.8) is 0 Å². The summed E-state index contributed by atoms with van der Waals surface area (Å²) in [6.07, 6.45) is 1.24. The Morgan fingerprint density at radius 3 is 3.05 bits per heavy atom. The first-order valence-corrected chi connectivity index (χ1v) is 7.06. The normalized spacial score (nSPS) is 18.7. The molecule has 1 aromatic carbocycles. The quantitative estimate of drug-likeness (QED) is 0.821. The molecule has 5 heteroatoms. The monoisotopic (exact) mass is 278 g/mol. The van der Waals surface area contributed by atoms with Gasteiger partial charge >= 0.3 is 6.03 Å². The van der Waals surface area contributed by atoms with Gasteiger partial charge in [0.1, 0.15) is 12.4 Å². The van der Waals surface area contributed by atoms with E-state index in [1.807, 2.05) is 31.2 Å². The Labute approximate surface area is 119 Å². The van der Waals surface area contributed by atoms with Gasteiger partial charge in [-0.1, -0.05) is 18.2 Å². The van der Waals surface area contributed by atoms with Gasteiger partial charge in [-0.25, -0.2) is 4.79 Å². The molecule has 1 saturated heterocycles. The molecule has 0 spiro atoms. The first-order chi connectivity index (χ1) is 9.66. The number of likely N-dealkylation sites (tertiary alicyclic amines) is 1. The number of nitrogens with zero attached hydrogens (tertiary/aromatic N) is 1. The number of aliphatic hydroxyl groups is 1. The van der Waals surface area contributed by atoms with Crippen LogP contribution in [0.25, 0.3) is 0 Å². The first kappa shape index (κ1) is 14.7. The predicted octanol–water partition coefficient (Wildman–Crippen LogP) is 1.54. The highest BCUT2D eigenvalue weighted by molar-refractivity contribution is 5.74. The molecule has 0 aromatic heterocycles. The second-order valence-corrected chi connectivity index (χ2v) is 5.09. The molecule has 2 amide bonds. The van der Waals surface area contributed by atoms with Crippen LogP contribution in [0.2, 0.25) is 0 Å². The number of carbonyl (C=O) groups is 1. The lowest BCUT2D eigenvalue weighted by Gasteiger charge is -2.30. The van der Waals surface area contributed by atoms with Crippen molar-refractivity contribution < 1.29 is 14.6 Å². The number of rotatable bonds is 4. The molecule has 2 N–H and O–H groups in total. The van der Waals surface area contributed by atoms with Crippen molar-refractivity contribution in [2.75, 3.05) is 26.2 Å². The maximum atomic E-state index is 11.9. The Bertz CT molecular complexity index is 450. The van der Waals surface area contributed by atoms with Crippen molar-refractivity contribution in [1.82, 2.24) is 10.2 Å². The molecular formula is C15H22N2O3. The molecule has 0 bridgehead atoms. The van der Waals surface area contributed by atoms with Crippen LogP contribution in [0.3, 0.4) is 0 Å². The Hall–Kier alpha value is -1.75. The molecule has 1 unspecified atom stereocenters. The van der Waals surface area contributed by atoms with Gasteiger partial charge in [0, 0.05) is 13.1 Å². The number of amides is 2. The van der Waals surface area contributed by atoms with Crippen LogP contribution < -0.4 is 10.1 Å². The molecule has 1 aromatic rings. The molecule has 0 saturated carbocycles. The van der Waals surface area contributed by atoms with Gasteiger partial charge in [-0.3, -0.25) is 0 Å². The minimum Gasteiger partial charge on any atom is -0.491 e. The molecule has 1 heterocycles. The fourth-order valence-corrected chi connectivity index (χ4v) is 2.29. The van der Waals surface area contributed by atoms with Crippen molar-refractivity contribution in [3.8, 4) is 5.75 Å². The van der Waals surface area contributed by atoms with E-state index >= 15 is 0 Å². The van der Waals surface area contributed by atoms with Crippen LogP contribution in [-0.4, -0.2) is 48.4 Å². The van der Waals surface area contributed by atoms with E-state index in [2.05, 4.69) is 5.32 Å². The largest absolute Gasteiger partial charge is 0.491 e. The summed E-state index contributed by atoms with van der Waals surface area (Å²) < 4.78 is 5.61. The molecule has 5 nitrogen and oxygen atoms in total. The SMILES string of the molecule is Cc1ccccc1OCCNC(=O)N1CCCC(O)C1. The molecule has 2 rings (SSSR count). The summed E-state index contributed by atoms with van der Waals surface area (Å²) in [5.41, 5.74) is 1.08. The molecule has 1 fully saturated rings.